The maximum absolute atomic E-state index is 8.64. The fourth-order valence-electron chi connectivity index (χ4n) is 5.83. The lowest BCUT2D eigenvalue weighted by Gasteiger charge is -2.42. The highest BCUT2D eigenvalue weighted by molar-refractivity contribution is 5.26. The van der Waals surface area contributed by atoms with E-state index in [0.29, 0.717) is 0 Å². The van der Waals surface area contributed by atoms with Crippen molar-refractivity contribution in [2.45, 2.75) is 95.5 Å². The van der Waals surface area contributed by atoms with Crippen LogP contribution in [0.15, 0.2) is 48.6 Å². The smallest absolute Gasteiger partial charge is 0.0912 e. The molecule has 1 aromatic carbocycles. The van der Waals surface area contributed by atoms with Gasteiger partial charge in [0.1, 0.15) is 0 Å². The van der Waals surface area contributed by atoms with Crippen molar-refractivity contribution in [3.63, 3.8) is 0 Å². The van der Waals surface area contributed by atoms with Crippen LogP contribution in [0.25, 0.3) is 0 Å². The summed E-state index contributed by atoms with van der Waals surface area (Å²) < 4.78 is 5.91. The van der Waals surface area contributed by atoms with Crippen molar-refractivity contribution in [1.82, 2.24) is 0 Å². The first-order valence-electron chi connectivity index (χ1n) is 12.6. The van der Waals surface area contributed by atoms with Gasteiger partial charge in [0.15, 0.2) is 0 Å². The molecule has 0 aliphatic heterocycles. The predicted octanol–water partition coefficient (Wildman–Crippen LogP) is 7.90. The van der Waals surface area contributed by atoms with Gasteiger partial charge in [-0.25, -0.2) is 0 Å². The zero-order chi connectivity index (χ0) is 21.9. The third-order valence-corrected chi connectivity index (χ3v) is 7.92. The Kier molecular flexibility index (Phi) is 9.41. The molecule has 0 N–H and O–H groups in total. The average Bonchev–Trinajstić information content (AvgIpc) is 2.83. The van der Waals surface area contributed by atoms with E-state index < -0.39 is 0 Å². The number of ether oxygens (including phenoxy) is 1. The van der Waals surface area contributed by atoms with Crippen LogP contribution in [0.3, 0.4) is 0 Å². The summed E-state index contributed by atoms with van der Waals surface area (Å²) in [6, 6.07) is 11.6. The second kappa shape index (κ2) is 12.3. The van der Waals surface area contributed by atoms with E-state index in [1.54, 1.807) is 5.56 Å². The first-order valence-corrected chi connectivity index (χ1v) is 12.6. The van der Waals surface area contributed by atoms with E-state index in [9.17, 15) is 0 Å². The number of methoxy groups -OCH3 is 1. The van der Waals surface area contributed by atoms with Crippen molar-refractivity contribution in [3.8, 4) is 6.07 Å². The van der Waals surface area contributed by atoms with Crippen LogP contribution in [0.2, 0.25) is 0 Å². The van der Waals surface area contributed by atoms with Crippen LogP contribution in [-0.2, 0) is 11.2 Å². The lowest BCUT2D eigenvalue weighted by molar-refractivity contribution is -0.0193. The third-order valence-electron chi connectivity index (χ3n) is 7.92. The number of allylic oxidation sites excluding steroid dienone is 3. The van der Waals surface area contributed by atoms with Gasteiger partial charge in [-0.15, -0.1) is 0 Å². The Morgan fingerprint density at radius 2 is 1.65 bits per heavy atom. The van der Waals surface area contributed by atoms with E-state index in [4.69, 9.17) is 10.00 Å². The summed E-state index contributed by atoms with van der Waals surface area (Å²) >= 11 is 0. The van der Waals surface area contributed by atoms with Gasteiger partial charge in [-0.3, -0.25) is 0 Å². The SMILES string of the molecule is CCCCCc1ccc([C@H]2CC[C@H]([C@H]3CC[C@@](C=CC=CC#N)(OC)CC3)CC2)cc1. The molecule has 0 spiro atoms. The third kappa shape index (κ3) is 6.81. The summed E-state index contributed by atoms with van der Waals surface area (Å²) in [4.78, 5) is 0. The van der Waals surface area contributed by atoms with E-state index in [-0.39, 0.29) is 5.60 Å². The Morgan fingerprint density at radius 1 is 0.968 bits per heavy atom. The number of hydrogen-bond acceptors (Lipinski definition) is 2. The topological polar surface area (TPSA) is 33.0 Å². The van der Waals surface area contributed by atoms with Gasteiger partial charge in [0.2, 0.25) is 0 Å². The van der Waals surface area contributed by atoms with Crippen LogP contribution in [0.4, 0.5) is 0 Å². The second-order valence-corrected chi connectivity index (χ2v) is 9.76. The number of hydrogen-bond donors (Lipinski definition) is 0. The number of nitrogens with zero attached hydrogens (tertiary/aromatic N) is 1. The van der Waals surface area contributed by atoms with Crippen molar-refractivity contribution < 1.29 is 4.74 Å². The largest absolute Gasteiger partial charge is 0.374 e. The van der Waals surface area contributed by atoms with Crippen molar-refractivity contribution in [2.24, 2.45) is 11.8 Å². The average molecular weight is 420 g/mol. The van der Waals surface area contributed by atoms with E-state index in [1.165, 1.54) is 75.8 Å². The molecule has 0 atom stereocenters. The molecule has 168 valence electrons. The van der Waals surface area contributed by atoms with E-state index in [2.05, 4.69) is 37.3 Å². The molecule has 31 heavy (non-hydrogen) atoms. The Labute approximate surface area is 190 Å². The lowest BCUT2D eigenvalue weighted by atomic mass is 9.67. The van der Waals surface area contributed by atoms with Crippen molar-refractivity contribution in [1.29, 1.82) is 5.26 Å². The van der Waals surface area contributed by atoms with Crippen LogP contribution < -0.4 is 0 Å². The summed E-state index contributed by atoms with van der Waals surface area (Å²) in [5.74, 6) is 2.51. The van der Waals surface area contributed by atoms with Gasteiger partial charge in [0, 0.05) is 13.2 Å². The number of unbranched alkanes of at least 4 members (excludes halogenated alkanes) is 2. The van der Waals surface area contributed by atoms with Crippen molar-refractivity contribution in [2.75, 3.05) is 7.11 Å². The van der Waals surface area contributed by atoms with Crippen LogP contribution in [0.1, 0.15) is 94.6 Å². The minimum Gasteiger partial charge on any atom is -0.374 e. The Morgan fingerprint density at radius 3 is 2.26 bits per heavy atom. The molecule has 0 radical (unpaired) electrons. The fraction of sp³-hybridized carbons (Fsp3) is 0.621. The van der Waals surface area contributed by atoms with Crippen LogP contribution >= 0.6 is 0 Å². The Hall–Kier alpha value is -1.85. The molecule has 0 heterocycles. The lowest BCUT2D eigenvalue weighted by Crippen LogP contribution is -2.36. The highest BCUT2D eigenvalue weighted by Crippen LogP contribution is 2.45. The van der Waals surface area contributed by atoms with Crippen LogP contribution in [0.5, 0.6) is 0 Å². The normalized spacial score (nSPS) is 29.4. The minimum absolute atomic E-state index is 0.133. The molecule has 0 saturated heterocycles. The van der Waals surface area contributed by atoms with Gasteiger partial charge >= 0.3 is 0 Å². The highest BCUT2D eigenvalue weighted by Gasteiger charge is 2.37. The Bertz CT molecular complexity index is 738. The first kappa shape index (κ1) is 23.8. The summed E-state index contributed by atoms with van der Waals surface area (Å²) in [5, 5.41) is 8.64. The van der Waals surface area contributed by atoms with Crippen molar-refractivity contribution in [3.05, 3.63) is 59.7 Å². The van der Waals surface area contributed by atoms with E-state index in [0.717, 1.165) is 30.6 Å². The molecular weight excluding hydrogens is 378 g/mol. The monoisotopic (exact) mass is 419 g/mol. The van der Waals surface area contributed by atoms with Crippen molar-refractivity contribution >= 4 is 0 Å². The predicted molar refractivity (Wildman–Crippen MR) is 130 cm³/mol. The molecule has 0 bridgehead atoms. The molecule has 2 saturated carbocycles. The van der Waals surface area contributed by atoms with Gasteiger partial charge in [0.05, 0.1) is 11.7 Å². The molecular formula is C29H41NO. The van der Waals surface area contributed by atoms with Gasteiger partial charge in [-0.1, -0.05) is 62.3 Å². The maximum atomic E-state index is 8.64. The summed E-state index contributed by atoms with van der Waals surface area (Å²) in [6.45, 7) is 2.27. The molecule has 3 rings (SSSR count). The first-order chi connectivity index (χ1) is 15.2. The summed E-state index contributed by atoms with van der Waals surface area (Å²) in [6.07, 6.45) is 22.9. The highest BCUT2D eigenvalue weighted by atomic mass is 16.5. The molecule has 2 aliphatic carbocycles. The number of aryl methyl sites for hydroxylation is 1. The zero-order valence-electron chi connectivity index (χ0n) is 19.7. The number of rotatable bonds is 9. The molecule has 0 unspecified atom stereocenters. The Balaban J connectivity index is 1.45. The van der Waals surface area contributed by atoms with Crippen LogP contribution in [-0.4, -0.2) is 12.7 Å². The maximum Gasteiger partial charge on any atom is 0.0912 e. The summed E-state index contributed by atoms with van der Waals surface area (Å²) in [5.41, 5.74) is 2.94. The minimum atomic E-state index is -0.133. The standard InChI is InChI=1S/C29H41NO/c1-3-4-6-9-24-10-12-25(13-11-24)26-14-16-27(17-15-26)28-18-21-29(31-2,22-19-28)20-7-5-8-23-30/h5,7-8,10-13,20,26-28H,3-4,6,9,14-19,21-22H2,1-2H3/t26-,27-,28-,29+. The molecule has 0 aromatic heterocycles. The van der Waals surface area contributed by atoms with E-state index in [1.807, 2.05) is 25.3 Å². The van der Waals surface area contributed by atoms with Gasteiger partial charge in [-0.2, -0.15) is 5.26 Å². The number of nitriles is 1. The molecule has 2 fully saturated rings. The second-order valence-electron chi connectivity index (χ2n) is 9.76. The van der Waals surface area contributed by atoms with Gasteiger partial charge in [-0.05, 0) is 93.1 Å². The van der Waals surface area contributed by atoms with E-state index >= 15 is 0 Å². The number of benzene rings is 1. The summed E-state index contributed by atoms with van der Waals surface area (Å²) in [7, 11) is 1.83. The zero-order valence-corrected chi connectivity index (χ0v) is 19.7. The van der Waals surface area contributed by atoms with Gasteiger partial charge < -0.3 is 4.74 Å². The molecule has 0 amide bonds. The van der Waals surface area contributed by atoms with Gasteiger partial charge in [0.25, 0.3) is 0 Å². The molecule has 2 heteroatoms. The molecule has 1 aromatic rings. The molecule has 2 nitrogen and oxygen atoms in total. The quantitative estimate of drug-likeness (QED) is 0.231. The fourth-order valence-corrected chi connectivity index (χ4v) is 5.83. The molecule has 2 aliphatic rings. The van der Waals surface area contributed by atoms with Crippen LogP contribution in [0, 0.1) is 23.2 Å².